The Kier molecular flexibility index (Phi) is 2.31. The van der Waals surface area contributed by atoms with Crippen molar-refractivity contribution in [1.29, 1.82) is 0 Å². The molecule has 0 aromatic heterocycles. The van der Waals surface area contributed by atoms with E-state index in [1.54, 1.807) is 0 Å². The average molecular weight is 203 g/mol. The molecule has 0 heterocycles. The van der Waals surface area contributed by atoms with Crippen LogP contribution in [0.2, 0.25) is 0 Å². The van der Waals surface area contributed by atoms with Gasteiger partial charge in [0, 0.05) is 0 Å². The Morgan fingerprint density at radius 1 is 1.67 bits per heavy atom. The van der Waals surface area contributed by atoms with Gasteiger partial charge in [0.15, 0.2) is 0 Å². The first-order chi connectivity index (χ1) is 2.56. The molecule has 0 saturated carbocycles. The van der Waals surface area contributed by atoms with Gasteiger partial charge in [0.05, 0.1) is 0 Å². The van der Waals surface area contributed by atoms with Crippen LogP contribution in [0.25, 0.3) is 0 Å². The summed E-state index contributed by atoms with van der Waals surface area (Å²) in [6.45, 7) is 0. The predicted octanol–water partition coefficient (Wildman–Crippen LogP) is -0.621. The Bertz CT molecular complexity index is 113. The first-order valence-electron chi connectivity index (χ1n) is 1.02. The minimum atomic E-state index is -3.75. The van der Waals surface area contributed by atoms with Gasteiger partial charge >= 0.3 is 48.1 Å². The molecule has 0 aromatic rings. The Morgan fingerprint density at radius 3 is 1.83 bits per heavy atom. The maximum atomic E-state index is 9.51. The molecule has 3 nitrogen and oxygen atoms in total. The summed E-state index contributed by atoms with van der Waals surface area (Å²) in [5, 5.41) is 0. The second kappa shape index (κ2) is 2.09. The van der Waals surface area contributed by atoms with Crippen LogP contribution < -0.4 is 0 Å². The molecule has 0 radical (unpaired) electrons. The summed E-state index contributed by atoms with van der Waals surface area (Å²) in [6.07, 6.45) is 0. The zero-order chi connectivity index (χ0) is 5.21. The molecule has 0 bridgehead atoms. The van der Waals surface area contributed by atoms with Crippen molar-refractivity contribution in [1.82, 2.24) is 0 Å². The minimum absolute atomic E-state index is 0.391. The summed E-state index contributed by atoms with van der Waals surface area (Å²) in [6, 6.07) is 0. The monoisotopic (exact) mass is 202 g/mol. The Labute approximate surface area is 48.4 Å². The first kappa shape index (κ1) is 6.65. The molecule has 0 saturated heterocycles. The molecule has 5 heteroatoms. The SMILES string of the molecule is O=S(=O)(O)[CH2][Ag]. The van der Waals surface area contributed by atoms with Crippen LogP contribution in [0, 0.1) is 0 Å². The Balaban J connectivity index is 3.85. The fourth-order valence-electron chi connectivity index (χ4n) is 0. The van der Waals surface area contributed by atoms with Crippen molar-refractivity contribution in [2.45, 2.75) is 0 Å². The van der Waals surface area contributed by atoms with Crippen LogP contribution in [0.15, 0.2) is 0 Å². The van der Waals surface area contributed by atoms with E-state index in [1.165, 1.54) is 0 Å². The third-order valence-electron chi connectivity index (χ3n) is 0.110. The Hall–Kier alpha value is 0.650. The first-order valence-corrected chi connectivity index (χ1v) is 3.68. The van der Waals surface area contributed by atoms with Crippen LogP contribution in [0.1, 0.15) is 0 Å². The zero-order valence-corrected chi connectivity index (χ0v) is 4.98. The van der Waals surface area contributed by atoms with Gasteiger partial charge < -0.3 is 0 Å². The van der Waals surface area contributed by atoms with Crippen molar-refractivity contribution in [3.63, 3.8) is 0 Å². The molecule has 0 fully saturated rings. The predicted molar refractivity (Wildman–Crippen MR) is 16.4 cm³/mol. The van der Waals surface area contributed by atoms with Crippen LogP contribution in [0.5, 0.6) is 0 Å². The molecule has 0 aromatic carbocycles. The van der Waals surface area contributed by atoms with E-state index in [4.69, 9.17) is 4.55 Å². The van der Waals surface area contributed by atoms with Crippen LogP contribution in [-0.4, -0.2) is 16.9 Å². The molecular formula is CH3AgO3S. The molecular weight excluding hydrogens is 200 g/mol. The van der Waals surface area contributed by atoms with E-state index in [0.717, 1.165) is 0 Å². The summed E-state index contributed by atoms with van der Waals surface area (Å²) in [5.41, 5.74) is 0. The third-order valence-corrected chi connectivity index (χ3v) is 1.95. The van der Waals surface area contributed by atoms with Crippen molar-refractivity contribution in [2.24, 2.45) is 0 Å². The molecule has 0 aliphatic heterocycles. The molecule has 6 heavy (non-hydrogen) atoms. The Morgan fingerprint density at radius 2 is 1.83 bits per heavy atom. The molecule has 1 N–H and O–H groups in total. The van der Waals surface area contributed by atoms with Crippen molar-refractivity contribution in [2.75, 3.05) is 3.97 Å². The molecule has 0 aliphatic rings. The van der Waals surface area contributed by atoms with Crippen LogP contribution in [0.4, 0.5) is 0 Å². The fourth-order valence-corrected chi connectivity index (χ4v) is 0. The second-order valence-corrected chi connectivity index (χ2v) is 3.29. The van der Waals surface area contributed by atoms with Gasteiger partial charge in [-0.25, -0.2) is 0 Å². The van der Waals surface area contributed by atoms with Crippen LogP contribution in [-0.2, 0) is 31.2 Å². The molecule has 0 aliphatic carbocycles. The van der Waals surface area contributed by atoms with E-state index in [-0.39, 0.29) is 0 Å². The van der Waals surface area contributed by atoms with Gasteiger partial charge in [-0.15, -0.1) is 0 Å². The van der Waals surface area contributed by atoms with E-state index in [1.807, 2.05) is 0 Å². The molecule has 42 valence electrons. The normalized spacial score (nSPS) is 11.8. The summed E-state index contributed by atoms with van der Waals surface area (Å²) < 4.78 is 26.4. The summed E-state index contributed by atoms with van der Waals surface area (Å²) >= 11 is 2.55. The molecule has 0 atom stereocenters. The van der Waals surface area contributed by atoms with Gasteiger partial charge in [-0.05, 0) is 0 Å². The van der Waals surface area contributed by atoms with Gasteiger partial charge in [-0.1, -0.05) is 0 Å². The van der Waals surface area contributed by atoms with Crippen LogP contribution in [0.3, 0.4) is 0 Å². The van der Waals surface area contributed by atoms with Gasteiger partial charge in [-0.2, -0.15) is 0 Å². The van der Waals surface area contributed by atoms with E-state index in [2.05, 4.69) is 21.1 Å². The maximum absolute atomic E-state index is 9.51. The molecule has 0 rings (SSSR count). The number of hydrogen-bond donors (Lipinski definition) is 1. The standard InChI is InChI=1S/CH3O3S.Ag/c1-5(2,3)4;/h1H2,(H,2,3,4);. The van der Waals surface area contributed by atoms with Crippen molar-refractivity contribution < 1.29 is 34.0 Å². The molecule has 0 amide bonds. The van der Waals surface area contributed by atoms with E-state index in [0.29, 0.717) is 0 Å². The van der Waals surface area contributed by atoms with Crippen molar-refractivity contribution >= 4 is 10.1 Å². The zero-order valence-electron chi connectivity index (χ0n) is 2.68. The topological polar surface area (TPSA) is 54.4 Å². The van der Waals surface area contributed by atoms with E-state index in [9.17, 15) is 8.42 Å². The summed E-state index contributed by atoms with van der Waals surface area (Å²) in [7, 11) is -3.75. The van der Waals surface area contributed by atoms with Crippen LogP contribution >= 0.6 is 0 Å². The fraction of sp³-hybridized carbons (Fsp3) is 1.00. The van der Waals surface area contributed by atoms with Crippen molar-refractivity contribution in [3.05, 3.63) is 0 Å². The molecule has 0 spiro atoms. The van der Waals surface area contributed by atoms with Gasteiger partial charge in [0.1, 0.15) is 0 Å². The summed E-state index contributed by atoms with van der Waals surface area (Å²) in [5.74, 6) is 0. The number of hydrogen-bond acceptors (Lipinski definition) is 2. The van der Waals surface area contributed by atoms with Crippen molar-refractivity contribution in [3.8, 4) is 0 Å². The number of rotatable bonds is 1. The summed E-state index contributed by atoms with van der Waals surface area (Å²) in [4.78, 5) is 0. The van der Waals surface area contributed by atoms with E-state index >= 15 is 0 Å². The third kappa shape index (κ3) is 4.65. The quantitative estimate of drug-likeness (QED) is 0.456. The van der Waals surface area contributed by atoms with Gasteiger partial charge in [0.25, 0.3) is 0 Å². The second-order valence-electron chi connectivity index (χ2n) is 0.669. The van der Waals surface area contributed by atoms with Gasteiger partial charge in [0.2, 0.25) is 0 Å². The average Bonchev–Trinajstić information content (AvgIpc) is 1.35. The van der Waals surface area contributed by atoms with E-state index < -0.39 is 14.1 Å². The molecule has 0 unspecified atom stereocenters. The van der Waals surface area contributed by atoms with Gasteiger partial charge in [-0.3, -0.25) is 0 Å².